The van der Waals surface area contributed by atoms with Crippen LogP contribution in [0.1, 0.15) is 19.8 Å². The molecular weight excluding hydrogens is 200 g/mol. The molecule has 0 bridgehead atoms. The molecule has 0 unspecified atom stereocenters. The predicted octanol–water partition coefficient (Wildman–Crippen LogP) is 2.28. The number of unbranched alkanes of at least 4 members (excludes halogenated alkanes) is 1. The Kier molecular flexibility index (Phi) is 2.63. The zero-order valence-electron chi connectivity index (χ0n) is 7.94. The zero-order valence-corrected chi connectivity index (χ0v) is 8.70. The smallest absolute Gasteiger partial charge is 0.224 e. The quantitative estimate of drug-likeness (QED) is 0.730. The first-order chi connectivity index (χ1) is 6.81. The highest BCUT2D eigenvalue weighted by Gasteiger charge is 2.04. The largest absolute Gasteiger partial charge is 0.315 e. The second kappa shape index (κ2) is 3.92. The van der Waals surface area contributed by atoms with E-state index in [0.29, 0.717) is 0 Å². The van der Waals surface area contributed by atoms with Crippen LogP contribution in [-0.2, 0) is 6.54 Å². The van der Waals surface area contributed by atoms with Crippen LogP contribution in [0.5, 0.6) is 0 Å². The average molecular weight is 211 g/mol. The number of hydrogen-bond acceptors (Lipinski definition) is 3. The number of hydrogen-bond donors (Lipinski definition) is 0. The van der Waals surface area contributed by atoms with Gasteiger partial charge < -0.3 is 4.57 Å². The third kappa shape index (κ3) is 1.70. The van der Waals surface area contributed by atoms with Crippen molar-refractivity contribution in [2.75, 3.05) is 0 Å². The second-order valence-corrected chi connectivity index (χ2v) is 3.48. The summed E-state index contributed by atoms with van der Waals surface area (Å²) in [5.41, 5.74) is 1.61. The van der Waals surface area contributed by atoms with E-state index in [9.17, 15) is 0 Å². The van der Waals surface area contributed by atoms with Gasteiger partial charge in [-0.25, -0.2) is 9.97 Å². The van der Waals surface area contributed by atoms with Crippen molar-refractivity contribution in [3.05, 3.63) is 17.8 Å². The Balaban J connectivity index is 2.40. The van der Waals surface area contributed by atoms with Crippen LogP contribution in [0.15, 0.2) is 12.5 Å². The minimum atomic E-state index is 0.274. The molecule has 2 aromatic rings. The summed E-state index contributed by atoms with van der Waals surface area (Å²) in [4.78, 5) is 12.2. The summed E-state index contributed by atoms with van der Waals surface area (Å²) < 4.78 is 2.01. The van der Waals surface area contributed by atoms with Crippen molar-refractivity contribution in [1.82, 2.24) is 19.5 Å². The van der Waals surface area contributed by atoms with Crippen LogP contribution in [-0.4, -0.2) is 19.5 Å². The SMILES string of the molecule is CCCCn1cnc2cnc(Cl)nc21. The lowest BCUT2D eigenvalue weighted by atomic mass is 10.3. The highest BCUT2D eigenvalue weighted by Crippen LogP contribution is 2.11. The van der Waals surface area contributed by atoms with Crippen molar-refractivity contribution in [1.29, 1.82) is 0 Å². The summed E-state index contributed by atoms with van der Waals surface area (Å²) in [5.74, 6) is 0. The third-order valence-corrected chi connectivity index (χ3v) is 2.26. The first-order valence-electron chi connectivity index (χ1n) is 4.64. The van der Waals surface area contributed by atoms with E-state index in [4.69, 9.17) is 11.6 Å². The van der Waals surface area contributed by atoms with Crippen LogP contribution in [0.25, 0.3) is 11.2 Å². The van der Waals surface area contributed by atoms with Crippen LogP contribution in [0, 0.1) is 0 Å². The van der Waals surface area contributed by atoms with Crippen LogP contribution in [0.3, 0.4) is 0 Å². The number of halogens is 1. The normalized spacial score (nSPS) is 11.0. The van der Waals surface area contributed by atoms with Gasteiger partial charge in [0.05, 0.1) is 12.5 Å². The van der Waals surface area contributed by atoms with E-state index < -0.39 is 0 Å². The minimum absolute atomic E-state index is 0.274. The number of nitrogens with zero attached hydrogens (tertiary/aromatic N) is 4. The van der Waals surface area contributed by atoms with Gasteiger partial charge in [0.25, 0.3) is 0 Å². The molecule has 2 rings (SSSR count). The summed E-state index contributed by atoms with van der Waals surface area (Å²) in [6, 6.07) is 0. The van der Waals surface area contributed by atoms with E-state index in [1.165, 1.54) is 0 Å². The second-order valence-electron chi connectivity index (χ2n) is 3.14. The fraction of sp³-hybridized carbons (Fsp3) is 0.444. The average Bonchev–Trinajstić information content (AvgIpc) is 2.57. The molecular formula is C9H11ClN4. The maximum atomic E-state index is 5.72. The van der Waals surface area contributed by atoms with Gasteiger partial charge in [-0.05, 0) is 18.0 Å². The summed E-state index contributed by atoms with van der Waals surface area (Å²) in [6.07, 6.45) is 5.70. The van der Waals surface area contributed by atoms with Gasteiger partial charge in [-0.2, -0.15) is 4.98 Å². The minimum Gasteiger partial charge on any atom is -0.315 e. The first kappa shape index (κ1) is 9.40. The van der Waals surface area contributed by atoms with Crippen LogP contribution in [0.4, 0.5) is 0 Å². The molecule has 0 saturated carbocycles. The number of aryl methyl sites for hydroxylation is 1. The Morgan fingerprint density at radius 2 is 2.29 bits per heavy atom. The predicted molar refractivity (Wildman–Crippen MR) is 55.2 cm³/mol. The molecule has 0 aliphatic rings. The summed E-state index contributed by atoms with van der Waals surface area (Å²) >= 11 is 5.72. The number of imidazole rings is 1. The van der Waals surface area contributed by atoms with Gasteiger partial charge in [0.15, 0.2) is 5.65 Å². The molecule has 0 N–H and O–H groups in total. The molecule has 0 fully saturated rings. The Morgan fingerprint density at radius 3 is 3.07 bits per heavy atom. The van der Waals surface area contributed by atoms with Gasteiger partial charge in [-0.1, -0.05) is 13.3 Å². The molecule has 0 spiro atoms. The van der Waals surface area contributed by atoms with Crippen molar-refractivity contribution in [3.63, 3.8) is 0 Å². The van der Waals surface area contributed by atoms with Gasteiger partial charge in [0.2, 0.25) is 5.28 Å². The molecule has 0 atom stereocenters. The molecule has 0 radical (unpaired) electrons. The van der Waals surface area contributed by atoms with E-state index in [1.54, 1.807) is 12.5 Å². The van der Waals surface area contributed by atoms with Gasteiger partial charge in [-0.3, -0.25) is 0 Å². The summed E-state index contributed by atoms with van der Waals surface area (Å²) in [5, 5.41) is 0.274. The number of fused-ring (bicyclic) bond motifs is 1. The van der Waals surface area contributed by atoms with E-state index >= 15 is 0 Å². The van der Waals surface area contributed by atoms with Crippen molar-refractivity contribution in [2.24, 2.45) is 0 Å². The standard InChI is InChI=1S/C9H11ClN4/c1-2-3-4-14-6-12-7-5-11-9(10)13-8(7)14/h5-6H,2-4H2,1H3. The fourth-order valence-corrected chi connectivity index (χ4v) is 1.46. The molecule has 0 aliphatic heterocycles. The van der Waals surface area contributed by atoms with Crippen LogP contribution >= 0.6 is 11.6 Å². The van der Waals surface area contributed by atoms with E-state index in [2.05, 4.69) is 21.9 Å². The van der Waals surface area contributed by atoms with Crippen LogP contribution < -0.4 is 0 Å². The van der Waals surface area contributed by atoms with Crippen molar-refractivity contribution in [2.45, 2.75) is 26.3 Å². The highest BCUT2D eigenvalue weighted by molar-refractivity contribution is 6.28. The molecule has 4 nitrogen and oxygen atoms in total. The Bertz CT molecular complexity index is 437. The third-order valence-electron chi connectivity index (χ3n) is 2.08. The van der Waals surface area contributed by atoms with Gasteiger partial charge >= 0.3 is 0 Å². The molecule has 74 valence electrons. The lowest BCUT2D eigenvalue weighted by Gasteiger charge is -2.00. The Labute approximate surface area is 87.0 Å². The van der Waals surface area contributed by atoms with Gasteiger partial charge in [0, 0.05) is 6.54 Å². The number of aromatic nitrogens is 4. The molecule has 0 aromatic carbocycles. The van der Waals surface area contributed by atoms with E-state index in [1.807, 2.05) is 4.57 Å². The molecule has 0 saturated heterocycles. The summed E-state index contributed by atoms with van der Waals surface area (Å²) in [7, 11) is 0. The lowest BCUT2D eigenvalue weighted by molar-refractivity contribution is 0.641. The molecule has 14 heavy (non-hydrogen) atoms. The van der Waals surface area contributed by atoms with E-state index in [-0.39, 0.29) is 5.28 Å². The highest BCUT2D eigenvalue weighted by atomic mass is 35.5. The maximum absolute atomic E-state index is 5.72. The molecule has 5 heteroatoms. The molecule has 2 heterocycles. The zero-order chi connectivity index (χ0) is 9.97. The lowest BCUT2D eigenvalue weighted by Crippen LogP contribution is -1.97. The maximum Gasteiger partial charge on any atom is 0.224 e. The molecule has 2 aromatic heterocycles. The Morgan fingerprint density at radius 1 is 1.43 bits per heavy atom. The van der Waals surface area contributed by atoms with Crippen molar-refractivity contribution < 1.29 is 0 Å². The Hall–Kier alpha value is -1.16. The number of rotatable bonds is 3. The molecule has 0 aliphatic carbocycles. The first-order valence-corrected chi connectivity index (χ1v) is 5.02. The van der Waals surface area contributed by atoms with Crippen molar-refractivity contribution in [3.8, 4) is 0 Å². The fourth-order valence-electron chi connectivity index (χ4n) is 1.33. The summed E-state index contributed by atoms with van der Waals surface area (Å²) in [6.45, 7) is 3.08. The topological polar surface area (TPSA) is 43.6 Å². The van der Waals surface area contributed by atoms with Crippen molar-refractivity contribution >= 4 is 22.8 Å². The monoisotopic (exact) mass is 210 g/mol. The van der Waals surface area contributed by atoms with Gasteiger partial charge in [0.1, 0.15) is 5.52 Å². The van der Waals surface area contributed by atoms with Gasteiger partial charge in [-0.15, -0.1) is 0 Å². The molecule has 0 amide bonds. The van der Waals surface area contributed by atoms with E-state index in [0.717, 1.165) is 30.6 Å². The van der Waals surface area contributed by atoms with Crippen LogP contribution in [0.2, 0.25) is 5.28 Å².